The quantitative estimate of drug-likeness (QED) is 0.547. The van der Waals surface area contributed by atoms with Crippen LogP contribution in [0.2, 0.25) is 0 Å². The van der Waals surface area contributed by atoms with Gasteiger partial charge in [0.2, 0.25) is 5.78 Å². The maximum absolute atomic E-state index is 12.3. The summed E-state index contributed by atoms with van der Waals surface area (Å²) in [4.78, 5) is 27.7. The highest BCUT2D eigenvalue weighted by molar-refractivity contribution is 9.10. The molecule has 2 aromatic carbocycles. The van der Waals surface area contributed by atoms with Crippen LogP contribution in [-0.2, 0) is 4.74 Å². The third-order valence-corrected chi connectivity index (χ3v) is 4.12. The van der Waals surface area contributed by atoms with Crippen molar-refractivity contribution in [3.63, 3.8) is 0 Å². The minimum atomic E-state index is -0.850. The molecule has 0 spiro atoms. The fourth-order valence-electron chi connectivity index (χ4n) is 2.37. The summed E-state index contributed by atoms with van der Waals surface area (Å²) in [7, 11) is 0. The van der Waals surface area contributed by atoms with Crippen LogP contribution in [0.1, 0.15) is 27.6 Å². The normalized spacial score (nSPS) is 12.1. The summed E-state index contributed by atoms with van der Waals surface area (Å²) in [6.07, 6.45) is 0.751. The van der Waals surface area contributed by atoms with Crippen molar-refractivity contribution in [3.8, 4) is 0 Å². The van der Waals surface area contributed by atoms with E-state index in [1.165, 1.54) is 0 Å². The summed E-state index contributed by atoms with van der Waals surface area (Å²) in [6.45, 7) is 1.58. The molecular formula is C18H14BrNO3. The van der Waals surface area contributed by atoms with Gasteiger partial charge in [-0.1, -0.05) is 46.3 Å². The Hall–Kier alpha value is -2.40. The summed E-state index contributed by atoms with van der Waals surface area (Å²) < 4.78 is 6.22. The zero-order chi connectivity index (χ0) is 16.4. The molecule has 0 radical (unpaired) electrons. The molecule has 0 aliphatic heterocycles. The van der Waals surface area contributed by atoms with Crippen molar-refractivity contribution in [2.24, 2.45) is 0 Å². The number of nitrogens with one attached hydrogen (secondary N) is 1. The first-order valence-electron chi connectivity index (χ1n) is 7.13. The number of halogens is 1. The van der Waals surface area contributed by atoms with Crippen LogP contribution in [0.3, 0.4) is 0 Å². The van der Waals surface area contributed by atoms with Gasteiger partial charge in [0.1, 0.15) is 0 Å². The summed E-state index contributed by atoms with van der Waals surface area (Å²) in [5, 5.41) is 0.779. The second kappa shape index (κ2) is 6.38. The topological polar surface area (TPSA) is 59.2 Å². The van der Waals surface area contributed by atoms with Crippen molar-refractivity contribution in [2.75, 3.05) is 0 Å². The van der Waals surface area contributed by atoms with Crippen molar-refractivity contribution < 1.29 is 14.3 Å². The lowest BCUT2D eigenvalue weighted by atomic mass is 10.1. The van der Waals surface area contributed by atoms with Crippen LogP contribution in [0.15, 0.2) is 59.2 Å². The highest BCUT2D eigenvalue weighted by Crippen LogP contribution is 2.20. The van der Waals surface area contributed by atoms with Crippen LogP contribution >= 0.6 is 15.9 Å². The van der Waals surface area contributed by atoms with Crippen molar-refractivity contribution in [3.05, 3.63) is 70.3 Å². The molecule has 0 saturated carbocycles. The number of benzene rings is 2. The Bertz CT molecular complexity index is 867. The molecule has 116 valence electrons. The molecule has 3 aromatic rings. The van der Waals surface area contributed by atoms with Gasteiger partial charge in [-0.3, -0.25) is 4.79 Å². The highest BCUT2D eigenvalue weighted by Gasteiger charge is 2.22. The summed E-state index contributed by atoms with van der Waals surface area (Å²) in [6, 6.07) is 14.4. The average Bonchev–Trinajstić information content (AvgIpc) is 2.99. The fraction of sp³-hybridized carbons (Fsp3) is 0.111. The lowest BCUT2D eigenvalue weighted by Crippen LogP contribution is -2.24. The fourth-order valence-corrected chi connectivity index (χ4v) is 2.63. The minimum absolute atomic E-state index is 0.231. The van der Waals surface area contributed by atoms with Crippen LogP contribution < -0.4 is 0 Å². The van der Waals surface area contributed by atoms with Crippen LogP contribution in [0.5, 0.6) is 0 Å². The zero-order valence-corrected chi connectivity index (χ0v) is 14.0. The molecule has 0 aliphatic rings. The Morgan fingerprint density at radius 1 is 1.09 bits per heavy atom. The molecule has 0 bridgehead atoms. The van der Waals surface area contributed by atoms with Gasteiger partial charge in [-0.25, -0.2) is 4.79 Å². The van der Waals surface area contributed by atoms with Crippen LogP contribution in [0.25, 0.3) is 10.9 Å². The molecule has 1 aromatic heterocycles. The van der Waals surface area contributed by atoms with Gasteiger partial charge >= 0.3 is 5.97 Å². The lowest BCUT2D eigenvalue weighted by Gasteiger charge is -2.12. The molecule has 0 amide bonds. The van der Waals surface area contributed by atoms with E-state index in [2.05, 4.69) is 20.9 Å². The zero-order valence-electron chi connectivity index (χ0n) is 12.4. The maximum Gasteiger partial charge on any atom is 0.341 e. The molecule has 0 saturated heterocycles. The third-order valence-electron chi connectivity index (χ3n) is 3.59. The summed E-state index contributed by atoms with van der Waals surface area (Å²) in [5.41, 5.74) is 1.79. The molecular weight excluding hydrogens is 358 g/mol. The van der Waals surface area contributed by atoms with Crippen LogP contribution in [0.4, 0.5) is 0 Å². The Labute approximate surface area is 141 Å². The molecule has 1 heterocycles. The van der Waals surface area contributed by atoms with Crippen molar-refractivity contribution >= 4 is 38.6 Å². The molecule has 0 unspecified atom stereocenters. The molecule has 23 heavy (non-hydrogen) atoms. The number of hydrogen-bond donors (Lipinski definition) is 1. The van der Waals surface area contributed by atoms with Crippen LogP contribution in [-0.4, -0.2) is 22.8 Å². The molecule has 0 fully saturated rings. The second-order valence-corrected chi connectivity index (χ2v) is 6.08. The van der Waals surface area contributed by atoms with Gasteiger partial charge in [-0.15, -0.1) is 0 Å². The number of aromatic nitrogens is 1. The van der Waals surface area contributed by atoms with Crippen LogP contribution in [0, 0.1) is 0 Å². The molecule has 1 N–H and O–H groups in total. The highest BCUT2D eigenvalue weighted by atomic mass is 79.9. The Kier molecular flexibility index (Phi) is 4.30. The lowest BCUT2D eigenvalue weighted by molar-refractivity contribution is 0.0321. The number of para-hydroxylation sites is 1. The smallest absolute Gasteiger partial charge is 0.341 e. The predicted molar refractivity (Wildman–Crippen MR) is 91.6 cm³/mol. The largest absolute Gasteiger partial charge is 0.451 e. The van der Waals surface area contributed by atoms with E-state index in [4.69, 9.17) is 4.74 Å². The Morgan fingerprint density at radius 2 is 1.78 bits per heavy atom. The monoisotopic (exact) mass is 371 g/mol. The van der Waals surface area contributed by atoms with E-state index in [0.717, 1.165) is 15.4 Å². The van der Waals surface area contributed by atoms with Crippen molar-refractivity contribution in [1.29, 1.82) is 0 Å². The molecule has 0 aliphatic carbocycles. The number of rotatable bonds is 4. The Balaban J connectivity index is 1.77. The number of aromatic amines is 1. The number of hydrogen-bond acceptors (Lipinski definition) is 3. The standard InChI is InChI=1S/C18H14BrNO3/c1-11(17(21)12-6-8-13(19)9-7-12)23-18(22)15-10-20-16-5-3-2-4-14(15)16/h2-11,20H,1H3/t11-/m0/s1. The van der Waals surface area contributed by atoms with Gasteiger partial charge in [-0.2, -0.15) is 0 Å². The number of fused-ring (bicyclic) bond motifs is 1. The molecule has 3 rings (SSSR count). The first-order valence-corrected chi connectivity index (χ1v) is 7.92. The second-order valence-electron chi connectivity index (χ2n) is 5.17. The summed E-state index contributed by atoms with van der Waals surface area (Å²) in [5.74, 6) is -0.744. The van der Waals surface area contributed by atoms with E-state index >= 15 is 0 Å². The molecule has 5 heteroatoms. The molecule has 1 atom stereocenters. The maximum atomic E-state index is 12.3. The number of carbonyl (C=O) groups is 2. The SMILES string of the molecule is C[C@H](OC(=O)c1c[nH]c2ccccc12)C(=O)c1ccc(Br)cc1. The minimum Gasteiger partial charge on any atom is -0.451 e. The van der Waals surface area contributed by atoms with E-state index < -0.39 is 12.1 Å². The third kappa shape index (κ3) is 3.19. The number of carbonyl (C=O) groups excluding carboxylic acids is 2. The van der Waals surface area contributed by atoms with Gasteiger partial charge in [0, 0.05) is 27.1 Å². The molecule has 4 nitrogen and oxygen atoms in total. The number of ketones is 1. The van der Waals surface area contributed by atoms with Crippen molar-refractivity contribution in [2.45, 2.75) is 13.0 Å². The van der Waals surface area contributed by atoms with E-state index in [9.17, 15) is 9.59 Å². The average molecular weight is 372 g/mol. The first kappa shape index (κ1) is 15.5. The Morgan fingerprint density at radius 3 is 2.52 bits per heavy atom. The van der Waals surface area contributed by atoms with E-state index in [1.54, 1.807) is 37.4 Å². The van der Waals surface area contributed by atoms with E-state index in [0.29, 0.717) is 11.1 Å². The number of esters is 1. The van der Waals surface area contributed by atoms with E-state index in [1.807, 2.05) is 24.3 Å². The van der Waals surface area contributed by atoms with Crippen molar-refractivity contribution in [1.82, 2.24) is 4.98 Å². The van der Waals surface area contributed by atoms with Gasteiger partial charge < -0.3 is 9.72 Å². The number of Topliss-reactive ketones (excluding diaryl/α,β-unsaturated/α-hetero) is 1. The van der Waals surface area contributed by atoms with E-state index in [-0.39, 0.29) is 5.78 Å². The predicted octanol–water partition coefficient (Wildman–Crippen LogP) is 4.36. The summed E-state index contributed by atoms with van der Waals surface area (Å²) >= 11 is 3.32. The van der Waals surface area contributed by atoms with Gasteiger partial charge in [-0.05, 0) is 25.1 Å². The van der Waals surface area contributed by atoms with Gasteiger partial charge in [0.25, 0.3) is 0 Å². The first-order chi connectivity index (χ1) is 11.1. The number of ether oxygens (including phenoxy) is 1. The van der Waals surface area contributed by atoms with Gasteiger partial charge in [0.05, 0.1) is 5.56 Å². The number of H-pyrrole nitrogens is 1. The van der Waals surface area contributed by atoms with Gasteiger partial charge in [0.15, 0.2) is 6.10 Å².